The number of rotatable bonds is 10. The number of ether oxygens (including phenoxy) is 3. The van der Waals surface area contributed by atoms with Crippen molar-refractivity contribution in [2.75, 3.05) is 33.5 Å². The van der Waals surface area contributed by atoms with Crippen molar-refractivity contribution in [3.05, 3.63) is 53.1 Å². The number of carbonyl (C=O) groups excluding carboxylic acids is 1. The van der Waals surface area contributed by atoms with Gasteiger partial charge >= 0.3 is 0 Å². The van der Waals surface area contributed by atoms with Gasteiger partial charge in [-0.2, -0.15) is 0 Å². The Balaban J connectivity index is 1.93. The summed E-state index contributed by atoms with van der Waals surface area (Å²) < 4.78 is 15.9. The number of carbonyl (C=O) groups is 1. The van der Waals surface area contributed by atoms with Gasteiger partial charge in [0.05, 0.1) is 26.2 Å². The van der Waals surface area contributed by atoms with Gasteiger partial charge in [-0.15, -0.1) is 0 Å². The molecule has 0 unspecified atom stereocenters. The van der Waals surface area contributed by atoms with Crippen molar-refractivity contribution < 1.29 is 19.0 Å². The highest BCUT2D eigenvalue weighted by Gasteiger charge is 2.12. The summed E-state index contributed by atoms with van der Waals surface area (Å²) in [6, 6.07) is 7.27. The van der Waals surface area contributed by atoms with Crippen LogP contribution >= 0.6 is 0 Å². The van der Waals surface area contributed by atoms with Crippen LogP contribution in [0, 0.1) is 13.8 Å². The van der Waals surface area contributed by atoms with E-state index in [1.807, 2.05) is 26.0 Å². The van der Waals surface area contributed by atoms with Gasteiger partial charge in [-0.3, -0.25) is 9.78 Å². The van der Waals surface area contributed by atoms with Gasteiger partial charge in [0.25, 0.3) is 0 Å². The number of hydrogen-bond donors (Lipinski definition) is 0. The minimum atomic E-state index is -0.0822. The second-order valence-electron chi connectivity index (χ2n) is 5.71. The largest absolute Gasteiger partial charge is 0.491 e. The number of nitrogens with zero attached hydrogens (tertiary/aromatic N) is 2. The highest BCUT2D eigenvalue weighted by atomic mass is 16.5. The van der Waals surface area contributed by atoms with Crippen LogP contribution in [-0.2, 0) is 15.9 Å². The van der Waals surface area contributed by atoms with Gasteiger partial charge in [-0.25, -0.2) is 4.98 Å². The van der Waals surface area contributed by atoms with E-state index in [9.17, 15) is 4.79 Å². The lowest BCUT2D eigenvalue weighted by atomic mass is 10.1. The van der Waals surface area contributed by atoms with Crippen LogP contribution in [0.15, 0.2) is 30.5 Å². The average Bonchev–Trinajstić information content (AvgIpc) is 2.59. The third kappa shape index (κ3) is 6.60. The Morgan fingerprint density at radius 1 is 1.08 bits per heavy atom. The summed E-state index contributed by atoms with van der Waals surface area (Å²) in [6.45, 7) is 5.75. The minimum absolute atomic E-state index is 0.0822. The van der Waals surface area contributed by atoms with Crippen molar-refractivity contribution in [3.8, 4) is 5.75 Å². The summed E-state index contributed by atoms with van der Waals surface area (Å²) in [5.74, 6) is 0.532. The van der Waals surface area contributed by atoms with Crippen LogP contribution in [0.2, 0.25) is 0 Å². The monoisotopic (exact) mass is 344 g/mol. The van der Waals surface area contributed by atoms with Crippen molar-refractivity contribution in [2.24, 2.45) is 0 Å². The number of pyridine rings is 2. The molecule has 0 atom stereocenters. The topological polar surface area (TPSA) is 70.5 Å². The molecule has 134 valence electrons. The van der Waals surface area contributed by atoms with Gasteiger partial charge in [0, 0.05) is 36.8 Å². The molecular weight excluding hydrogens is 320 g/mol. The summed E-state index contributed by atoms with van der Waals surface area (Å²) in [7, 11) is 1.63. The molecule has 0 bridgehead atoms. The molecule has 0 radical (unpaired) electrons. The molecule has 2 rings (SSSR count). The minimum Gasteiger partial charge on any atom is -0.491 e. The zero-order valence-corrected chi connectivity index (χ0v) is 14.9. The molecule has 6 nitrogen and oxygen atoms in total. The molecule has 0 aliphatic rings. The Morgan fingerprint density at radius 3 is 2.60 bits per heavy atom. The second-order valence-corrected chi connectivity index (χ2v) is 5.71. The second kappa shape index (κ2) is 9.86. The van der Waals surface area contributed by atoms with E-state index in [2.05, 4.69) is 9.97 Å². The number of ketones is 1. The van der Waals surface area contributed by atoms with Gasteiger partial charge in [-0.1, -0.05) is 6.07 Å². The fraction of sp³-hybridized carbons (Fsp3) is 0.421. The maximum Gasteiger partial charge on any atom is 0.187 e. The molecular formula is C19H24N2O4. The third-order valence-corrected chi connectivity index (χ3v) is 3.46. The molecule has 6 heteroatoms. The summed E-state index contributed by atoms with van der Waals surface area (Å²) in [5.41, 5.74) is 2.91. The number of aromatic nitrogens is 2. The first-order valence-corrected chi connectivity index (χ1v) is 8.21. The standard InChI is InChI=1S/C19H24N2O4/c1-14-4-5-16(20-13-14)11-19(22)18-12-17(10-15(2)21-18)25-9-8-24-7-6-23-3/h4-5,10,12-13H,6-9,11H2,1-3H3. The SMILES string of the molecule is COCCOCCOc1cc(C)nc(C(=O)Cc2ccc(C)cn2)c1. The van der Waals surface area contributed by atoms with E-state index in [1.165, 1.54) is 0 Å². The molecule has 2 heterocycles. The molecule has 0 aliphatic heterocycles. The van der Waals surface area contributed by atoms with Gasteiger partial charge in [0.1, 0.15) is 18.1 Å². The number of aryl methyl sites for hydroxylation is 2. The van der Waals surface area contributed by atoms with Crippen LogP contribution in [0.3, 0.4) is 0 Å². The van der Waals surface area contributed by atoms with Crippen molar-refractivity contribution in [1.29, 1.82) is 0 Å². The molecule has 25 heavy (non-hydrogen) atoms. The lowest BCUT2D eigenvalue weighted by molar-refractivity contribution is 0.0544. The van der Waals surface area contributed by atoms with E-state index in [0.717, 1.165) is 17.0 Å². The molecule has 0 aliphatic carbocycles. The van der Waals surface area contributed by atoms with Gasteiger partial charge in [0.2, 0.25) is 0 Å². The van der Waals surface area contributed by atoms with Crippen molar-refractivity contribution in [3.63, 3.8) is 0 Å². The lowest BCUT2D eigenvalue weighted by Gasteiger charge is -2.09. The molecule has 2 aromatic rings. The first kappa shape index (κ1) is 19.0. The molecule has 2 aromatic heterocycles. The van der Waals surface area contributed by atoms with Crippen LogP contribution in [0.4, 0.5) is 0 Å². The maximum atomic E-state index is 12.5. The fourth-order valence-corrected chi connectivity index (χ4v) is 2.18. The van der Waals surface area contributed by atoms with Crippen molar-refractivity contribution in [2.45, 2.75) is 20.3 Å². The Labute approximate surface area is 148 Å². The van der Waals surface area contributed by atoms with E-state index >= 15 is 0 Å². The Kier molecular flexibility index (Phi) is 7.50. The van der Waals surface area contributed by atoms with Crippen LogP contribution < -0.4 is 4.74 Å². The molecule has 0 N–H and O–H groups in total. The summed E-state index contributed by atoms with van der Waals surface area (Å²) in [6.07, 6.45) is 1.97. The first-order valence-electron chi connectivity index (χ1n) is 8.21. The first-order chi connectivity index (χ1) is 12.1. The summed E-state index contributed by atoms with van der Waals surface area (Å²) in [5, 5.41) is 0. The molecule has 0 saturated heterocycles. The van der Waals surface area contributed by atoms with Gasteiger partial charge < -0.3 is 14.2 Å². The normalized spacial score (nSPS) is 10.7. The van der Waals surface area contributed by atoms with Crippen LogP contribution in [0.25, 0.3) is 0 Å². The van der Waals surface area contributed by atoms with Crippen molar-refractivity contribution in [1.82, 2.24) is 9.97 Å². The molecule has 0 aromatic carbocycles. The Hall–Kier alpha value is -2.31. The van der Waals surface area contributed by atoms with E-state index in [-0.39, 0.29) is 12.2 Å². The summed E-state index contributed by atoms with van der Waals surface area (Å²) in [4.78, 5) is 21.0. The molecule has 0 saturated carbocycles. The van der Waals surface area contributed by atoms with E-state index < -0.39 is 0 Å². The number of Topliss-reactive ketones (excluding diaryl/α,β-unsaturated/α-hetero) is 1. The van der Waals surface area contributed by atoms with Gasteiger partial charge in [0.15, 0.2) is 5.78 Å². The van der Waals surface area contributed by atoms with E-state index in [0.29, 0.717) is 37.9 Å². The average molecular weight is 344 g/mol. The molecule has 0 amide bonds. The number of hydrogen-bond acceptors (Lipinski definition) is 6. The maximum absolute atomic E-state index is 12.5. The highest BCUT2D eigenvalue weighted by Crippen LogP contribution is 2.15. The molecule has 0 fully saturated rings. The fourth-order valence-electron chi connectivity index (χ4n) is 2.18. The van der Waals surface area contributed by atoms with Crippen LogP contribution in [0.1, 0.15) is 27.4 Å². The molecule has 0 spiro atoms. The Bertz CT molecular complexity index is 686. The third-order valence-electron chi connectivity index (χ3n) is 3.46. The zero-order chi connectivity index (χ0) is 18.1. The zero-order valence-electron chi connectivity index (χ0n) is 14.9. The smallest absolute Gasteiger partial charge is 0.187 e. The summed E-state index contributed by atoms with van der Waals surface area (Å²) >= 11 is 0. The predicted octanol–water partition coefficient (Wildman–Crippen LogP) is 2.56. The Morgan fingerprint density at radius 2 is 1.88 bits per heavy atom. The van der Waals surface area contributed by atoms with Crippen molar-refractivity contribution >= 4 is 5.78 Å². The van der Waals surface area contributed by atoms with E-state index in [1.54, 1.807) is 25.4 Å². The van der Waals surface area contributed by atoms with Gasteiger partial charge in [-0.05, 0) is 25.5 Å². The number of methoxy groups -OCH3 is 1. The van der Waals surface area contributed by atoms with Crippen LogP contribution in [-0.4, -0.2) is 49.3 Å². The van der Waals surface area contributed by atoms with Crippen LogP contribution in [0.5, 0.6) is 5.75 Å². The quantitative estimate of drug-likeness (QED) is 0.487. The van der Waals surface area contributed by atoms with E-state index in [4.69, 9.17) is 14.2 Å². The predicted molar refractivity (Wildman–Crippen MR) is 94.2 cm³/mol. The highest BCUT2D eigenvalue weighted by molar-refractivity contribution is 5.95. The lowest BCUT2D eigenvalue weighted by Crippen LogP contribution is -2.12.